The first kappa shape index (κ1) is 28.2. The third-order valence-corrected chi connectivity index (χ3v) is 6.16. The summed E-state index contributed by atoms with van der Waals surface area (Å²) in [5, 5.41) is 6.49. The Bertz CT molecular complexity index is 886. The summed E-state index contributed by atoms with van der Waals surface area (Å²) in [5.74, 6) is -2.20. The molecule has 2 aromatic carbocycles. The van der Waals surface area contributed by atoms with Gasteiger partial charge < -0.3 is 39.1 Å². The lowest BCUT2D eigenvalue weighted by molar-refractivity contribution is -0.178. The maximum absolute atomic E-state index is 12.8. The fourth-order valence-electron chi connectivity index (χ4n) is 4.15. The Morgan fingerprint density at radius 2 is 1.13 bits per heavy atom. The van der Waals surface area contributed by atoms with Crippen molar-refractivity contribution in [2.75, 3.05) is 65.8 Å². The van der Waals surface area contributed by atoms with Crippen LogP contribution in [0.25, 0.3) is 0 Å². The maximum atomic E-state index is 12.8. The van der Waals surface area contributed by atoms with E-state index in [1.165, 1.54) is 0 Å². The zero-order valence-corrected chi connectivity index (χ0v) is 21.4. The summed E-state index contributed by atoms with van der Waals surface area (Å²) in [6, 6.07) is 18.3. The number of hydrogen-bond acceptors (Lipinski definition) is 10. The summed E-state index contributed by atoms with van der Waals surface area (Å²) in [6.45, 7) is 5.06. The van der Waals surface area contributed by atoms with Gasteiger partial charge in [-0.25, -0.2) is 9.59 Å². The van der Waals surface area contributed by atoms with Crippen LogP contribution in [0.4, 0.5) is 0 Å². The first-order valence-corrected chi connectivity index (χ1v) is 13.0. The predicted molar refractivity (Wildman–Crippen MR) is 137 cm³/mol. The monoisotopic (exact) mass is 528 g/mol. The van der Waals surface area contributed by atoms with Crippen molar-refractivity contribution < 1.29 is 38.0 Å². The van der Waals surface area contributed by atoms with Crippen molar-refractivity contribution in [1.82, 2.24) is 10.6 Å². The van der Waals surface area contributed by atoms with Crippen LogP contribution in [0.3, 0.4) is 0 Å². The quantitative estimate of drug-likeness (QED) is 0.311. The number of ether oxygens (including phenoxy) is 6. The first-order chi connectivity index (χ1) is 18.7. The Balaban J connectivity index is 1.33. The lowest BCUT2D eigenvalue weighted by Crippen LogP contribution is -2.41. The van der Waals surface area contributed by atoms with Gasteiger partial charge in [-0.1, -0.05) is 60.7 Å². The van der Waals surface area contributed by atoms with Gasteiger partial charge in [-0.15, -0.1) is 0 Å². The molecule has 2 aliphatic rings. The summed E-state index contributed by atoms with van der Waals surface area (Å²) in [5.41, 5.74) is 1.42. The van der Waals surface area contributed by atoms with Crippen LogP contribution in [0.2, 0.25) is 0 Å². The molecule has 2 N–H and O–H groups in total. The summed E-state index contributed by atoms with van der Waals surface area (Å²) in [6.07, 6.45) is -1.73. The van der Waals surface area contributed by atoms with Gasteiger partial charge in [0, 0.05) is 26.2 Å². The highest BCUT2D eigenvalue weighted by atomic mass is 16.6. The molecule has 2 fully saturated rings. The van der Waals surface area contributed by atoms with E-state index in [2.05, 4.69) is 10.6 Å². The van der Waals surface area contributed by atoms with Crippen LogP contribution in [-0.4, -0.2) is 90.0 Å². The molecular formula is C28H36N2O8. The fourth-order valence-corrected chi connectivity index (χ4v) is 4.15. The lowest BCUT2D eigenvalue weighted by atomic mass is 10.1. The summed E-state index contributed by atoms with van der Waals surface area (Å²) in [4.78, 5) is 25.6. The summed E-state index contributed by atoms with van der Waals surface area (Å²) < 4.78 is 34.0. The van der Waals surface area contributed by atoms with E-state index < -0.39 is 24.1 Å². The Kier molecular flexibility index (Phi) is 11.5. The number of carbonyl (C=O) groups excluding carboxylic acids is 2. The summed E-state index contributed by atoms with van der Waals surface area (Å²) in [7, 11) is 0. The number of morpholine rings is 2. The van der Waals surface area contributed by atoms with Gasteiger partial charge in [-0.2, -0.15) is 0 Å². The van der Waals surface area contributed by atoms with Crippen LogP contribution in [0.5, 0.6) is 0 Å². The van der Waals surface area contributed by atoms with Crippen molar-refractivity contribution in [3.05, 3.63) is 71.8 Å². The third-order valence-electron chi connectivity index (χ3n) is 6.16. The van der Waals surface area contributed by atoms with Gasteiger partial charge in [-0.3, -0.25) is 0 Å². The Morgan fingerprint density at radius 1 is 0.711 bits per heavy atom. The number of esters is 2. The number of nitrogens with one attached hydrogen (secondary N) is 2. The zero-order chi connectivity index (χ0) is 26.4. The number of hydrogen-bond donors (Lipinski definition) is 2. The highest BCUT2D eigenvalue weighted by Gasteiger charge is 2.28. The number of benzene rings is 2. The Labute approximate surface area is 222 Å². The van der Waals surface area contributed by atoms with Crippen LogP contribution in [-0.2, 0) is 38.0 Å². The van der Waals surface area contributed by atoms with Crippen molar-refractivity contribution in [2.24, 2.45) is 0 Å². The van der Waals surface area contributed by atoms with E-state index in [4.69, 9.17) is 28.4 Å². The maximum Gasteiger partial charge on any atom is 0.418 e. The highest BCUT2D eigenvalue weighted by Crippen LogP contribution is 2.21. The van der Waals surface area contributed by atoms with E-state index in [0.717, 1.165) is 13.1 Å². The topological polar surface area (TPSA) is 114 Å². The molecule has 2 unspecified atom stereocenters. The van der Waals surface area contributed by atoms with E-state index in [1.54, 1.807) is 0 Å². The van der Waals surface area contributed by atoms with Gasteiger partial charge in [0.15, 0.2) is 12.2 Å². The highest BCUT2D eigenvalue weighted by molar-refractivity contribution is 6.29. The molecule has 2 heterocycles. The molecular weight excluding hydrogens is 492 g/mol. The van der Waals surface area contributed by atoms with Crippen LogP contribution < -0.4 is 10.6 Å². The van der Waals surface area contributed by atoms with E-state index >= 15 is 0 Å². The van der Waals surface area contributed by atoms with Gasteiger partial charge in [0.2, 0.25) is 0 Å². The van der Waals surface area contributed by atoms with E-state index in [9.17, 15) is 9.59 Å². The number of rotatable bonds is 12. The van der Waals surface area contributed by atoms with Crippen molar-refractivity contribution in [1.29, 1.82) is 0 Å². The Morgan fingerprint density at radius 3 is 1.50 bits per heavy atom. The second-order valence-electron chi connectivity index (χ2n) is 9.08. The first-order valence-electron chi connectivity index (χ1n) is 13.0. The molecule has 2 aromatic rings. The standard InChI is InChI=1S/C28H36N2O8/c31-27(37-25(21-7-3-1-4-8-21)19-33-17-23-15-29-11-13-35-23)28(32)38-26(22-9-5-2-6-10-22)20-34-18-24-16-30-12-14-36-24/h1-10,23-26,29-30H,11-20H2/t23?,24?,25-,26-/m0/s1. The molecule has 0 spiro atoms. The molecule has 10 heteroatoms. The normalized spacial score (nSPS) is 21.3. The second kappa shape index (κ2) is 15.5. The van der Waals surface area contributed by atoms with Gasteiger partial charge in [0.1, 0.15) is 0 Å². The Hall–Kier alpha value is -2.86. The molecule has 2 saturated heterocycles. The molecule has 4 atom stereocenters. The number of carbonyl (C=O) groups is 2. The SMILES string of the molecule is O=C(O[C@@H](COCC1CNCCO1)c1ccccc1)C(=O)O[C@@H](COCC1CNCCO1)c1ccccc1. The van der Waals surface area contributed by atoms with Gasteiger partial charge >= 0.3 is 11.9 Å². The van der Waals surface area contributed by atoms with Crippen molar-refractivity contribution in [3.63, 3.8) is 0 Å². The largest absolute Gasteiger partial charge is 0.447 e. The van der Waals surface area contributed by atoms with Crippen LogP contribution >= 0.6 is 0 Å². The minimum Gasteiger partial charge on any atom is -0.447 e. The average Bonchev–Trinajstić information content (AvgIpc) is 2.98. The minimum absolute atomic E-state index is 0.0730. The molecule has 0 radical (unpaired) electrons. The smallest absolute Gasteiger partial charge is 0.418 e. The summed E-state index contributed by atoms with van der Waals surface area (Å²) >= 11 is 0. The van der Waals surface area contributed by atoms with Crippen molar-refractivity contribution >= 4 is 11.9 Å². The van der Waals surface area contributed by atoms with Gasteiger partial charge in [-0.05, 0) is 11.1 Å². The third kappa shape index (κ3) is 9.16. The van der Waals surface area contributed by atoms with Crippen LogP contribution in [0.15, 0.2) is 60.7 Å². The molecule has 4 rings (SSSR count). The molecule has 0 bridgehead atoms. The lowest BCUT2D eigenvalue weighted by Gasteiger charge is -2.25. The molecule has 0 aromatic heterocycles. The van der Waals surface area contributed by atoms with Gasteiger partial charge in [0.05, 0.1) is 51.8 Å². The van der Waals surface area contributed by atoms with Crippen molar-refractivity contribution in [3.8, 4) is 0 Å². The zero-order valence-electron chi connectivity index (χ0n) is 21.4. The molecule has 0 saturated carbocycles. The predicted octanol–water partition coefficient (Wildman–Crippen LogP) is 1.57. The van der Waals surface area contributed by atoms with E-state index in [1.807, 2.05) is 60.7 Å². The average molecular weight is 529 g/mol. The second-order valence-corrected chi connectivity index (χ2v) is 9.08. The molecule has 38 heavy (non-hydrogen) atoms. The van der Waals surface area contributed by atoms with Crippen LogP contribution in [0, 0.1) is 0 Å². The van der Waals surface area contributed by atoms with E-state index in [0.29, 0.717) is 50.6 Å². The van der Waals surface area contributed by atoms with Gasteiger partial charge in [0.25, 0.3) is 0 Å². The molecule has 2 aliphatic heterocycles. The van der Waals surface area contributed by atoms with E-state index in [-0.39, 0.29) is 25.4 Å². The molecule has 0 aliphatic carbocycles. The molecule has 10 nitrogen and oxygen atoms in total. The molecule has 0 amide bonds. The van der Waals surface area contributed by atoms with Crippen molar-refractivity contribution in [2.45, 2.75) is 24.4 Å². The van der Waals surface area contributed by atoms with Crippen LogP contribution in [0.1, 0.15) is 23.3 Å². The minimum atomic E-state index is -1.10. The fraction of sp³-hybridized carbons (Fsp3) is 0.500. The molecule has 206 valence electrons.